The molecule has 3 aromatic carbocycles. The number of fused-ring (bicyclic) bond motifs is 1. The highest BCUT2D eigenvalue weighted by Crippen LogP contribution is 2.35. The topological polar surface area (TPSA) is 78.2 Å². The lowest BCUT2D eigenvalue weighted by atomic mass is 9.96. The molecule has 0 aliphatic carbocycles. The number of aromatic nitrogens is 5. The Bertz CT molecular complexity index is 1830. The van der Waals surface area contributed by atoms with E-state index in [0.717, 1.165) is 34.4 Å². The number of hydrogen-bond donors (Lipinski definition) is 0. The predicted molar refractivity (Wildman–Crippen MR) is 139 cm³/mol. The first-order valence-electron chi connectivity index (χ1n) is 11.7. The third kappa shape index (κ3) is 4.70. The number of nitrogens with zero attached hydrogens (tertiary/aromatic N) is 5. The summed E-state index contributed by atoms with van der Waals surface area (Å²) in [7, 11) is 0. The number of alkyl halides is 3. The Morgan fingerprint density at radius 1 is 0.872 bits per heavy atom. The summed E-state index contributed by atoms with van der Waals surface area (Å²) in [5.41, 5.74) is 3.23. The molecule has 39 heavy (non-hydrogen) atoms. The molecule has 3 aromatic heterocycles. The third-order valence-electron chi connectivity index (χ3n) is 6.23. The molecule has 0 amide bonds. The van der Waals surface area contributed by atoms with Crippen LogP contribution in [0.2, 0.25) is 5.02 Å². The summed E-state index contributed by atoms with van der Waals surface area (Å²) in [5.74, 6) is 0.488. The van der Waals surface area contributed by atoms with Gasteiger partial charge in [0.15, 0.2) is 5.65 Å². The number of halogens is 4. The predicted octanol–water partition coefficient (Wildman–Crippen LogP) is 6.60. The quantitative estimate of drug-likeness (QED) is 0.243. The van der Waals surface area contributed by atoms with Gasteiger partial charge in [0.1, 0.15) is 6.26 Å². The maximum absolute atomic E-state index is 13.2. The van der Waals surface area contributed by atoms with E-state index in [1.807, 2.05) is 36.4 Å². The average Bonchev–Trinajstić information content (AvgIpc) is 3.58. The van der Waals surface area contributed by atoms with Gasteiger partial charge in [-0.25, -0.2) is 14.5 Å². The van der Waals surface area contributed by atoms with E-state index in [1.54, 1.807) is 24.5 Å². The van der Waals surface area contributed by atoms with Crippen molar-refractivity contribution in [2.45, 2.75) is 12.7 Å². The number of benzene rings is 3. The van der Waals surface area contributed by atoms with Gasteiger partial charge in [0.25, 0.3) is 0 Å². The fraction of sp³-hybridized carbons (Fsp3) is 0.0714. The molecule has 0 radical (unpaired) electrons. The zero-order valence-electron chi connectivity index (χ0n) is 19.9. The van der Waals surface area contributed by atoms with Crippen LogP contribution in [-0.4, -0.2) is 24.4 Å². The van der Waals surface area contributed by atoms with Gasteiger partial charge in [-0.1, -0.05) is 48.0 Å². The van der Waals surface area contributed by atoms with Crippen molar-refractivity contribution in [3.05, 3.63) is 118 Å². The highest BCUT2D eigenvalue weighted by molar-refractivity contribution is 6.30. The molecule has 0 atom stereocenters. The molecular formula is C28H17ClF3N5O2. The zero-order valence-corrected chi connectivity index (χ0v) is 20.7. The molecule has 0 saturated heterocycles. The van der Waals surface area contributed by atoms with E-state index in [0.29, 0.717) is 27.7 Å². The summed E-state index contributed by atoms with van der Waals surface area (Å²) in [5, 5.41) is 9.45. The van der Waals surface area contributed by atoms with Crippen LogP contribution in [0.15, 0.2) is 101 Å². The van der Waals surface area contributed by atoms with Crippen molar-refractivity contribution in [3.8, 4) is 33.7 Å². The third-order valence-corrected chi connectivity index (χ3v) is 6.49. The van der Waals surface area contributed by atoms with Gasteiger partial charge >= 0.3 is 11.9 Å². The first-order chi connectivity index (χ1) is 18.8. The molecule has 194 valence electrons. The van der Waals surface area contributed by atoms with Crippen LogP contribution in [0.1, 0.15) is 11.1 Å². The average molecular weight is 548 g/mol. The first-order valence-corrected chi connectivity index (χ1v) is 12.1. The molecule has 7 nitrogen and oxygen atoms in total. The second-order valence-corrected chi connectivity index (χ2v) is 9.16. The van der Waals surface area contributed by atoms with E-state index in [2.05, 4.69) is 15.2 Å². The highest BCUT2D eigenvalue weighted by atomic mass is 35.5. The van der Waals surface area contributed by atoms with Crippen molar-refractivity contribution in [2.75, 3.05) is 0 Å². The molecule has 0 aliphatic rings. The van der Waals surface area contributed by atoms with Crippen LogP contribution >= 0.6 is 11.6 Å². The van der Waals surface area contributed by atoms with Gasteiger partial charge in [-0.15, -0.1) is 5.10 Å². The molecule has 0 N–H and O–H groups in total. The van der Waals surface area contributed by atoms with E-state index in [4.69, 9.17) is 16.0 Å². The van der Waals surface area contributed by atoms with E-state index in [9.17, 15) is 18.0 Å². The minimum Gasteiger partial charge on any atom is -0.445 e. The van der Waals surface area contributed by atoms with Gasteiger partial charge in [0.05, 0.1) is 24.5 Å². The van der Waals surface area contributed by atoms with Crippen LogP contribution in [0.25, 0.3) is 39.4 Å². The largest absolute Gasteiger partial charge is 0.445 e. The number of oxazole rings is 1. The lowest BCUT2D eigenvalue weighted by Gasteiger charge is -2.11. The van der Waals surface area contributed by atoms with E-state index in [-0.39, 0.29) is 6.54 Å². The normalized spacial score (nSPS) is 11.8. The van der Waals surface area contributed by atoms with Crippen molar-refractivity contribution in [1.82, 2.24) is 24.4 Å². The van der Waals surface area contributed by atoms with E-state index >= 15 is 0 Å². The van der Waals surface area contributed by atoms with Crippen LogP contribution in [-0.2, 0) is 12.7 Å². The number of rotatable bonds is 5. The lowest BCUT2D eigenvalue weighted by Crippen LogP contribution is -2.23. The van der Waals surface area contributed by atoms with Crippen molar-refractivity contribution in [3.63, 3.8) is 0 Å². The molecular weight excluding hydrogens is 531 g/mol. The molecule has 0 saturated carbocycles. The number of hydrogen-bond acceptors (Lipinski definition) is 5. The molecule has 6 rings (SSSR count). The standard InChI is InChI=1S/C28H17ClF3N5O2/c29-22-11-7-19(8-12-22)24-23(18-3-5-20(6-4-18)26-33-13-14-39-26)15-34-37-25(24)35-36(27(37)38)16-17-1-9-21(10-2-17)28(30,31)32/h1-15H,16H2. The second-order valence-electron chi connectivity index (χ2n) is 8.73. The lowest BCUT2D eigenvalue weighted by molar-refractivity contribution is -0.137. The van der Waals surface area contributed by atoms with Crippen LogP contribution < -0.4 is 5.69 Å². The summed E-state index contributed by atoms with van der Waals surface area (Å²) in [4.78, 5) is 17.4. The smallest absolute Gasteiger partial charge is 0.416 e. The van der Waals surface area contributed by atoms with Crippen molar-refractivity contribution >= 4 is 17.2 Å². The van der Waals surface area contributed by atoms with Gasteiger partial charge in [-0.3, -0.25) is 0 Å². The van der Waals surface area contributed by atoms with Crippen LogP contribution in [0, 0.1) is 0 Å². The minimum absolute atomic E-state index is 0.0272. The van der Waals surface area contributed by atoms with Gasteiger partial charge in [-0.2, -0.15) is 22.8 Å². The summed E-state index contributed by atoms with van der Waals surface area (Å²) in [6.07, 6.45) is 0.207. The fourth-order valence-electron chi connectivity index (χ4n) is 4.31. The zero-order chi connectivity index (χ0) is 27.1. The SMILES string of the molecule is O=c1n(Cc2ccc(C(F)(F)F)cc2)nc2c(-c3ccc(Cl)cc3)c(-c3ccc(-c4ncco4)cc3)cnn12. The maximum Gasteiger partial charge on any atom is 0.416 e. The van der Waals surface area contributed by atoms with Crippen LogP contribution in [0.4, 0.5) is 13.2 Å². The first kappa shape index (κ1) is 24.6. The van der Waals surface area contributed by atoms with Gasteiger partial charge in [0.2, 0.25) is 5.89 Å². The Labute approximate surface area is 223 Å². The monoisotopic (exact) mass is 547 g/mol. The molecule has 0 aliphatic heterocycles. The highest BCUT2D eigenvalue weighted by Gasteiger charge is 2.30. The van der Waals surface area contributed by atoms with E-state index < -0.39 is 17.4 Å². The molecule has 0 bridgehead atoms. The maximum atomic E-state index is 13.2. The van der Waals surface area contributed by atoms with Gasteiger partial charge in [0, 0.05) is 21.7 Å². The summed E-state index contributed by atoms with van der Waals surface area (Å²) in [6.45, 7) is -0.0272. The van der Waals surface area contributed by atoms with Crippen molar-refractivity contribution < 1.29 is 17.6 Å². The van der Waals surface area contributed by atoms with Crippen LogP contribution in [0.5, 0.6) is 0 Å². The Morgan fingerprint density at radius 3 is 2.18 bits per heavy atom. The molecule has 3 heterocycles. The van der Waals surface area contributed by atoms with Gasteiger partial charge in [-0.05, 0) is 53.1 Å². The summed E-state index contributed by atoms with van der Waals surface area (Å²) < 4.78 is 46.6. The Hall–Kier alpha value is -4.70. The molecule has 0 fully saturated rings. The molecule has 0 spiro atoms. The Morgan fingerprint density at radius 2 is 1.54 bits per heavy atom. The van der Waals surface area contributed by atoms with Crippen molar-refractivity contribution in [1.29, 1.82) is 0 Å². The van der Waals surface area contributed by atoms with E-state index in [1.165, 1.54) is 27.6 Å². The molecule has 11 heteroatoms. The summed E-state index contributed by atoms with van der Waals surface area (Å²) in [6, 6.07) is 19.2. The molecule has 6 aromatic rings. The fourth-order valence-corrected chi connectivity index (χ4v) is 4.44. The second kappa shape index (κ2) is 9.55. The van der Waals surface area contributed by atoms with Gasteiger partial charge < -0.3 is 4.42 Å². The Balaban J connectivity index is 1.46. The summed E-state index contributed by atoms with van der Waals surface area (Å²) >= 11 is 6.13. The van der Waals surface area contributed by atoms with Crippen LogP contribution in [0.3, 0.4) is 0 Å². The Kier molecular flexibility index (Phi) is 6.03. The van der Waals surface area contributed by atoms with Crippen molar-refractivity contribution in [2.24, 2.45) is 0 Å². The minimum atomic E-state index is -4.45. The molecule has 0 unspecified atom stereocenters.